The van der Waals surface area contributed by atoms with E-state index >= 15 is 0 Å². The van der Waals surface area contributed by atoms with Gasteiger partial charge in [0, 0.05) is 30.9 Å². The second-order valence-electron chi connectivity index (χ2n) is 7.12. The molecule has 0 saturated heterocycles. The number of aromatic nitrogens is 4. The number of hydrogen-bond donors (Lipinski definition) is 0. The summed E-state index contributed by atoms with van der Waals surface area (Å²) in [4.78, 5) is 16.8. The number of hydrogen-bond acceptors (Lipinski definition) is 6. The van der Waals surface area contributed by atoms with E-state index in [4.69, 9.17) is 4.74 Å². The van der Waals surface area contributed by atoms with E-state index in [1.54, 1.807) is 31.3 Å². The highest BCUT2D eigenvalue weighted by Crippen LogP contribution is 2.46. The second kappa shape index (κ2) is 8.39. The van der Waals surface area contributed by atoms with Crippen LogP contribution < -0.4 is 4.90 Å². The van der Waals surface area contributed by atoms with Gasteiger partial charge in [-0.2, -0.15) is 0 Å². The minimum Gasteiger partial charge on any atom is -0.364 e. The van der Waals surface area contributed by atoms with Gasteiger partial charge in [0.25, 0.3) is 0 Å². The lowest BCUT2D eigenvalue weighted by molar-refractivity contribution is 0.204. The second-order valence-corrected chi connectivity index (χ2v) is 8.15. The van der Waals surface area contributed by atoms with E-state index < -0.39 is 0 Å². The number of benzene rings is 1. The molecule has 0 spiro atoms. The van der Waals surface area contributed by atoms with Crippen molar-refractivity contribution >= 4 is 29.3 Å². The van der Waals surface area contributed by atoms with Crippen molar-refractivity contribution < 1.29 is 4.74 Å². The van der Waals surface area contributed by atoms with Gasteiger partial charge < -0.3 is 9.30 Å². The van der Waals surface area contributed by atoms with Crippen LogP contribution in [0.2, 0.25) is 0 Å². The van der Waals surface area contributed by atoms with E-state index in [1.165, 1.54) is 16.8 Å². The number of ether oxygens (including phenoxy) is 1. The molecule has 3 aromatic rings. The summed E-state index contributed by atoms with van der Waals surface area (Å²) < 4.78 is 7.67. The fourth-order valence-corrected chi connectivity index (χ4v) is 4.34. The minimum absolute atomic E-state index is 0.427. The number of nitrogens with zero attached hydrogens (tertiary/aromatic N) is 5. The van der Waals surface area contributed by atoms with E-state index in [1.807, 2.05) is 6.33 Å². The summed E-state index contributed by atoms with van der Waals surface area (Å²) in [6.45, 7) is 7.58. The van der Waals surface area contributed by atoms with Gasteiger partial charge in [0.15, 0.2) is 5.82 Å². The first kappa shape index (κ1) is 19.7. The summed E-state index contributed by atoms with van der Waals surface area (Å²) in [6.07, 6.45) is 8.64. The van der Waals surface area contributed by atoms with Gasteiger partial charge in [0.05, 0.1) is 23.4 Å². The molecule has 0 fully saturated rings. The highest BCUT2D eigenvalue weighted by atomic mass is 32.2. The molecule has 0 aliphatic carbocycles. The summed E-state index contributed by atoms with van der Waals surface area (Å²) in [6, 6.07) is 6.55. The molecule has 0 N–H and O–H groups in total. The Hall–Kier alpha value is -2.64. The van der Waals surface area contributed by atoms with Gasteiger partial charge in [0.2, 0.25) is 0 Å². The highest BCUT2D eigenvalue weighted by Gasteiger charge is 2.25. The van der Waals surface area contributed by atoms with Crippen LogP contribution in [0.25, 0.3) is 6.08 Å². The maximum absolute atomic E-state index is 5.46. The van der Waals surface area contributed by atoms with Crippen LogP contribution in [-0.4, -0.2) is 33.4 Å². The molecule has 1 aliphatic heterocycles. The number of imidazole rings is 1. The summed E-state index contributed by atoms with van der Waals surface area (Å²) >= 11 is 1.65. The van der Waals surface area contributed by atoms with Crippen molar-refractivity contribution in [2.24, 2.45) is 0 Å². The van der Waals surface area contributed by atoms with E-state index in [0.29, 0.717) is 6.73 Å². The molecular formula is C22H25N5OS. The highest BCUT2D eigenvalue weighted by molar-refractivity contribution is 7.99. The molecule has 1 aromatic carbocycles. The first-order valence-electron chi connectivity index (χ1n) is 9.67. The molecule has 6 nitrogen and oxygen atoms in total. The van der Waals surface area contributed by atoms with Gasteiger partial charge in [-0.25, -0.2) is 15.0 Å². The lowest BCUT2D eigenvalue weighted by Gasteiger charge is -2.30. The lowest BCUT2D eigenvalue weighted by Crippen LogP contribution is -2.24. The van der Waals surface area contributed by atoms with Crippen molar-refractivity contribution in [1.82, 2.24) is 19.5 Å². The summed E-state index contributed by atoms with van der Waals surface area (Å²) in [5.74, 6) is 0.838. The van der Waals surface area contributed by atoms with Gasteiger partial charge >= 0.3 is 0 Å². The van der Waals surface area contributed by atoms with Gasteiger partial charge in [-0.1, -0.05) is 30.3 Å². The average molecular weight is 408 g/mol. The molecular weight excluding hydrogens is 382 g/mol. The maximum Gasteiger partial charge on any atom is 0.168 e. The zero-order chi connectivity index (χ0) is 20.4. The van der Waals surface area contributed by atoms with Gasteiger partial charge in [-0.15, -0.1) is 0 Å². The Balaban J connectivity index is 1.69. The Kier molecular flexibility index (Phi) is 5.69. The molecule has 7 heteroatoms. The fraction of sp³-hybridized carbons (Fsp3) is 0.318. The fourth-order valence-electron chi connectivity index (χ4n) is 3.35. The Morgan fingerprint density at radius 1 is 1.21 bits per heavy atom. The normalized spacial score (nSPS) is 13.4. The zero-order valence-corrected chi connectivity index (χ0v) is 18.0. The molecule has 1 aliphatic rings. The van der Waals surface area contributed by atoms with Crippen LogP contribution in [0.5, 0.6) is 0 Å². The Morgan fingerprint density at radius 2 is 2.03 bits per heavy atom. The maximum atomic E-state index is 5.46. The summed E-state index contributed by atoms with van der Waals surface area (Å²) in [5.41, 5.74) is 5.87. The predicted octanol–water partition coefficient (Wildman–Crippen LogP) is 5.05. The summed E-state index contributed by atoms with van der Waals surface area (Å²) in [7, 11) is 1.70. The number of rotatable bonds is 6. The number of methoxy groups -OCH3 is 1. The van der Waals surface area contributed by atoms with Crippen molar-refractivity contribution in [3.8, 4) is 0 Å². The van der Waals surface area contributed by atoms with Crippen molar-refractivity contribution in [2.75, 3.05) is 18.7 Å². The molecule has 0 radical (unpaired) electrons. The molecule has 0 bridgehead atoms. The van der Waals surface area contributed by atoms with Crippen LogP contribution >= 0.6 is 11.8 Å². The largest absolute Gasteiger partial charge is 0.364 e. The van der Waals surface area contributed by atoms with Crippen molar-refractivity contribution in [1.29, 1.82) is 0 Å². The van der Waals surface area contributed by atoms with E-state index in [0.717, 1.165) is 40.1 Å². The van der Waals surface area contributed by atoms with Crippen molar-refractivity contribution in [2.45, 2.75) is 43.7 Å². The Labute approximate surface area is 175 Å². The summed E-state index contributed by atoms with van der Waals surface area (Å²) in [5, 5.41) is 0.900. The minimum atomic E-state index is 0.427. The van der Waals surface area contributed by atoms with E-state index in [-0.39, 0.29) is 0 Å². The van der Waals surface area contributed by atoms with Gasteiger partial charge in [-0.05, 0) is 44.0 Å². The first-order chi connectivity index (χ1) is 14.1. The molecule has 0 unspecified atom stereocenters. The van der Waals surface area contributed by atoms with Crippen LogP contribution in [0.4, 0.5) is 11.5 Å². The van der Waals surface area contributed by atoms with Crippen molar-refractivity contribution in [3.63, 3.8) is 0 Å². The molecule has 0 saturated carbocycles. The zero-order valence-electron chi connectivity index (χ0n) is 17.2. The smallest absolute Gasteiger partial charge is 0.168 e. The van der Waals surface area contributed by atoms with Crippen LogP contribution in [0.1, 0.15) is 37.2 Å². The molecule has 150 valence electrons. The quantitative estimate of drug-likeness (QED) is 0.570. The number of fused-ring (bicyclic) bond motifs is 2. The Bertz CT molecular complexity index is 1060. The van der Waals surface area contributed by atoms with Gasteiger partial charge in [-0.3, -0.25) is 4.90 Å². The molecule has 4 rings (SSSR count). The SMILES string of the molecule is CC/C(C)=C\c1c(C)ncn1Cc1ccc2c(c1)N(COC)c1nccnc1S2. The molecule has 3 heterocycles. The van der Waals surface area contributed by atoms with Crippen LogP contribution in [0.15, 0.2) is 52.4 Å². The van der Waals surface area contributed by atoms with Crippen LogP contribution in [-0.2, 0) is 11.3 Å². The third-order valence-corrected chi connectivity index (χ3v) is 6.09. The monoisotopic (exact) mass is 407 g/mol. The number of allylic oxidation sites excluding steroid dienone is 1. The predicted molar refractivity (Wildman–Crippen MR) is 117 cm³/mol. The lowest BCUT2D eigenvalue weighted by atomic mass is 10.1. The average Bonchev–Trinajstić information content (AvgIpc) is 3.07. The molecule has 29 heavy (non-hydrogen) atoms. The van der Waals surface area contributed by atoms with E-state index in [2.05, 4.69) is 69.5 Å². The number of anilines is 2. The van der Waals surface area contributed by atoms with E-state index in [9.17, 15) is 0 Å². The number of aryl methyl sites for hydroxylation is 1. The topological polar surface area (TPSA) is 56.1 Å². The third-order valence-electron chi connectivity index (χ3n) is 5.05. The molecule has 0 amide bonds. The third kappa shape index (κ3) is 3.93. The standard InChI is InChI=1S/C22H25N5OS/c1-5-15(2)10-18-16(3)25-13-26(18)12-17-6-7-20-19(11-17)27(14-28-4)21-22(29-20)24-9-8-23-21/h6-11,13H,5,12,14H2,1-4H3/b15-10-. The molecule has 2 aromatic heterocycles. The molecule has 0 atom stereocenters. The van der Waals surface area contributed by atoms with Gasteiger partial charge in [0.1, 0.15) is 11.8 Å². The van der Waals surface area contributed by atoms with Crippen LogP contribution in [0.3, 0.4) is 0 Å². The van der Waals surface area contributed by atoms with Crippen molar-refractivity contribution in [3.05, 3.63) is 59.4 Å². The Morgan fingerprint density at radius 3 is 2.83 bits per heavy atom. The first-order valence-corrected chi connectivity index (χ1v) is 10.5. The van der Waals surface area contributed by atoms with Crippen LogP contribution in [0, 0.1) is 6.92 Å².